The number of hydrogen-bond donors (Lipinski definition) is 3. The van der Waals surface area contributed by atoms with E-state index in [1.54, 1.807) is 0 Å². The van der Waals surface area contributed by atoms with Crippen molar-refractivity contribution in [2.75, 3.05) is 17.4 Å². The lowest BCUT2D eigenvalue weighted by molar-refractivity contribution is -0.116. The molecule has 1 aromatic rings. The fraction of sp³-hybridized carbons (Fsp3) is 0.720. The van der Waals surface area contributed by atoms with Crippen LogP contribution in [-0.4, -0.2) is 17.7 Å². The summed E-state index contributed by atoms with van der Waals surface area (Å²) in [5, 5.41) is 14.6. The summed E-state index contributed by atoms with van der Waals surface area (Å²) in [4.78, 5) is 12.0. The number of unbranched alkanes of at least 4 members (excludes halogenated alkanes) is 14. The largest absolute Gasteiger partial charge is 0.377 e. The van der Waals surface area contributed by atoms with Crippen molar-refractivity contribution in [1.29, 1.82) is 0 Å². The van der Waals surface area contributed by atoms with Crippen LogP contribution >= 0.6 is 0 Å². The Morgan fingerprint density at radius 2 is 1.10 bits per heavy atom. The van der Waals surface area contributed by atoms with Crippen molar-refractivity contribution in [3.05, 3.63) is 24.3 Å². The van der Waals surface area contributed by atoms with E-state index in [4.69, 9.17) is 5.11 Å². The minimum atomic E-state index is -0.0924. The number of nitrogens with one attached hydrogen (secondary N) is 2. The predicted octanol–water partition coefficient (Wildman–Crippen LogP) is 7.25. The molecule has 1 rings (SSSR count). The molecule has 0 heterocycles. The topological polar surface area (TPSA) is 61.4 Å². The van der Waals surface area contributed by atoms with Crippen LogP contribution in [0.1, 0.15) is 110 Å². The Morgan fingerprint density at radius 1 is 0.690 bits per heavy atom. The van der Waals surface area contributed by atoms with Crippen molar-refractivity contribution in [2.24, 2.45) is 0 Å². The van der Waals surface area contributed by atoms with Gasteiger partial charge in [0.25, 0.3) is 0 Å². The molecule has 0 unspecified atom stereocenters. The average molecular weight is 405 g/mol. The summed E-state index contributed by atoms with van der Waals surface area (Å²) in [5.74, 6) is 0.0857. The van der Waals surface area contributed by atoms with E-state index in [0.29, 0.717) is 6.42 Å². The van der Waals surface area contributed by atoms with Gasteiger partial charge in [-0.2, -0.15) is 0 Å². The quantitative estimate of drug-likeness (QED) is 0.168. The van der Waals surface area contributed by atoms with Crippen LogP contribution in [0.15, 0.2) is 24.3 Å². The number of hydrogen-bond acceptors (Lipinski definition) is 3. The maximum Gasteiger partial charge on any atom is 0.224 e. The fourth-order valence-corrected chi connectivity index (χ4v) is 3.64. The summed E-state index contributed by atoms with van der Waals surface area (Å²) >= 11 is 0. The third kappa shape index (κ3) is 15.0. The summed E-state index contributed by atoms with van der Waals surface area (Å²) < 4.78 is 0. The van der Waals surface area contributed by atoms with Crippen molar-refractivity contribution < 1.29 is 9.90 Å². The van der Waals surface area contributed by atoms with Gasteiger partial charge in [-0.15, -0.1) is 0 Å². The Labute approximate surface area is 178 Å². The molecular formula is C25H44N2O2. The second-order valence-corrected chi connectivity index (χ2v) is 8.16. The van der Waals surface area contributed by atoms with E-state index in [0.717, 1.165) is 24.2 Å². The normalized spacial score (nSPS) is 10.8. The molecule has 4 nitrogen and oxygen atoms in total. The number of rotatable bonds is 19. The van der Waals surface area contributed by atoms with Gasteiger partial charge in [-0.3, -0.25) is 4.79 Å². The van der Waals surface area contributed by atoms with Crippen LogP contribution in [0.4, 0.5) is 11.4 Å². The van der Waals surface area contributed by atoms with Gasteiger partial charge in [-0.05, 0) is 30.7 Å². The first-order chi connectivity index (χ1) is 14.3. The molecule has 1 amide bonds. The fourth-order valence-electron chi connectivity index (χ4n) is 3.64. The van der Waals surface area contributed by atoms with Gasteiger partial charge in [0.1, 0.15) is 6.73 Å². The molecule has 0 saturated heterocycles. The van der Waals surface area contributed by atoms with E-state index < -0.39 is 0 Å². The highest BCUT2D eigenvalue weighted by Gasteiger charge is 2.02. The molecule has 0 saturated carbocycles. The van der Waals surface area contributed by atoms with E-state index >= 15 is 0 Å². The SMILES string of the molecule is CCCCCCCCCCCCCCCCCC(=O)Nc1ccc(NCO)cc1. The highest BCUT2D eigenvalue weighted by molar-refractivity contribution is 5.90. The molecule has 0 bridgehead atoms. The maximum absolute atomic E-state index is 12.0. The molecular weight excluding hydrogens is 360 g/mol. The molecule has 0 aliphatic heterocycles. The molecule has 0 aliphatic carbocycles. The van der Waals surface area contributed by atoms with Crippen LogP contribution < -0.4 is 10.6 Å². The second-order valence-electron chi connectivity index (χ2n) is 8.16. The van der Waals surface area contributed by atoms with Gasteiger partial charge in [-0.1, -0.05) is 96.8 Å². The summed E-state index contributed by atoms with van der Waals surface area (Å²) in [5.41, 5.74) is 1.65. The standard InChI is InChI=1S/C25H44N2O2/c1-2-3-4-5-6-7-8-9-10-11-12-13-14-15-16-17-25(29)27-24-20-18-23(19-21-24)26-22-28/h18-21,26,28H,2-17,22H2,1H3,(H,27,29). The molecule has 29 heavy (non-hydrogen) atoms. The Bertz CT molecular complexity index is 502. The van der Waals surface area contributed by atoms with E-state index in [1.165, 1.54) is 83.5 Å². The Morgan fingerprint density at radius 3 is 1.55 bits per heavy atom. The molecule has 0 spiro atoms. The summed E-state index contributed by atoms with van der Waals surface area (Å²) in [7, 11) is 0. The molecule has 3 N–H and O–H groups in total. The van der Waals surface area contributed by atoms with Gasteiger partial charge in [0.05, 0.1) is 0 Å². The highest BCUT2D eigenvalue weighted by atomic mass is 16.3. The molecule has 0 atom stereocenters. The van der Waals surface area contributed by atoms with Crippen LogP contribution in [0.25, 0.3) is 0 Å². The monoisotopic (exact) mass is 404 g/mol. The number of amides is 1. The number of carbonyl (C=O) groups is 1. The number of benzene rings is 1. The second kappa shape index (κ2) is 18.5. The molecule has 0 radical (unpaired) electrons. The zero-order valence-corrected chi connectivity index (χ0v) is 18.7. The molecule has 0 fully saturated rings. The average Bonchev–Trinajstić information content (AvgIpc) is 2.72. The van der Waals surface area contributed by atoms with Gasteiger partial charge < -0.3 is 15.7 Å². The van der Waals surface area contributed by atoms with Crippen molar-refractivity contribution in [3.63, 3.8) is 0 Å². The lowest BCUT2D eigenvalue weighted by atomic mass is 10.0. The van der Waals surface area contributed by atoms with E-state index in [1.807, 2.05) is 24.3 Å². The third-order valence-electron chi connectivity index (χ3n) is 5.46. The van der Waals surface area contributed by atoms with Crippen LogP contribution in [0, 0.1) is 0 Å². The minimum absolute atomic E-state index is 0.0857. The van der Waals surface area contributed by atoms with Crippen molar-refractivity contribution in [2.45, 2.75) is 110 Å². The maximum atomic E-state index is 12.0. The van der Waals surface area contributed by atoms with Crippen molar-refractivity contribution >= 4 is 17.3 Å². The van der Waals surface area contributed by atoms with Crippen LogP contribution in [0.2, 0.25) is 0 Å². The van der Waals surface area contributed by atoms with Gasteiger partial charge in [0, 0.05) is 17.8 Å². The molecule has 0 aliphatic rings. The van der Waals surface area contributed by atoms with Gasteiger partial charge in [-0.25, -0.2) is 0 Å². The van der Waals surface area contributed by atoms with Crippen LogP contribution in [0.3, 0.4) is 0 Å². The molecule has 166 valence electrons. The summed E-state index contributed by atoms with van der Waals surface area (Å²) in [6.07, 6.45) is 20.6. The number of carbonyl (C=O) groups excluding carboxylic acids is 1. The van der Waals surface area contributed by atoms with E-state index in [9.17, 15) is 4.79 Å². The Kier molecular flexibility index (Phi) is 16.2. The number of aliphatic hydroxyl groups excluding tert-OH is 1. The first-order valence-corrected chi connectivity index (χ1v) is 12.0. The van der Waals surface area contributed by atoms with Gasteiger partial charge >= 0.3 is 0 Å². The lowest BCUT2D eigenvalue weighted by Gasteiger charge is -2.07. The summed E-state index contributed by atoms with van der Waals surface area (Å²) in [6, 6.07) is 7.39. The number of anilines is 2. The number of aliphatic hydroxyl groups is 1. The summed E-state index contributed by atoms with van der Waals surface area (Å²) in [6.45, 7) is 2.18. The van der Waals surface area contributed by atoms with Crippen LogP contribution in [0.5, 0.6) is 0 Å². The van der Waals surface area contributed by atoms with E-state index in [-0.39, 0.29) is 12.6 Å². The molecule has 4 heteroatoms. The van der Waals surface area contributed by atoms with Crippen molar-refractivity contribution in [1.82, 2.24) is 0 Å². The molecule has 1 aromatic carbocycles. The highest BCUT2D eigenvalue weighted by Crippen LogP contribution is 2.15. The van der Waals surface area contributed by atoms with Gasteiger partial charge in [0.15, 0.2) is 0 Å². The Hall–Kier alpha value is -1.55. The molecule has 0 aromatic heterocycles. The van der Waals surface area contributed by atoms with Gasteiger partial charge in [0.2, 0.25) is 5.91 Å². The van der Waals surface area contributed by atoms with Crippen molar-refractivity contribution in [3.8, 4) is 0 Å². The minimum Gasteiger partial charge on any atom is -0.377 e. The first kappa shape index (κ1) is 25.5. The smallest absolute Gasteiger partial charge is 0.224 e. The third-order valence-corrected chi connectivity index (χ3v) is 5.46. The predicted molar refractivity (Wildman–Crippen MR) is 125 cm³/mol. The van der Waals surface area contributed by atoms with E-state index in [2.05, 4.69) is 17.6 Å². The lowest BCUT2D eigenvalue weighted by Crippen LogP contribution is -2.11. The zero-order chi connectivity index (χ0) is 21.0. The Balaban J connectivity index is 1.86. The van der Waals surface area contributed by atoms with Crippen LogP contribution in [-0.2, 0) is 4.79 Å². The zero-order valence-electron chi connectivity index (χ0n) is 18.7. The first-order valence-electron chi connectivity index (χ1n) is 12.0.